The number of hydrogen-bond donors (Lipinski definition) is 2. The van der Waals surface area contributed by atoms with Crippen LogP contribution in [0, 0.1) is 0 Å². The number of alkyl halides is 2. The van der Waals surface area contributed by atoms with Gasteiger partial charge in [0.1, 0.15) is 0 Å². The third kappa shape index (κ3) is 5.07. The maximum atomic E-state index is 12.7. The Labute approximate surface area is 188 Å². The van der Waals surface area contributed by atoms with Crippen LogP contribution in [0.15, 0.2) is 47.9 Å². The molecule has 0 aromatic carbocycles. The first-order valence-corrected chi connectivity index (χ1v) is 10.9. The highest BCUT2D eigenvalue weighted by Gasteiger charge is 2.27. The second-order valence-electron chi connectivity index (χ2n) is 8.29. The predicted molar refractivity (Wildman–Crippen MR) is 117 cm³/mol. The smallest absolute Gasteiger partial charge is 0.387 e. The van der Waals surface area contributed by atoms with Gasteiger partial charge < -0.3 is 15.4 Å². The molecule has 9 nitrogen and oxygen atoms in total. The van der Waals surface area contributed by atoms with Crippen LogP contribution in [0.1, 0.15) is 43.6 Å². The molecule has 3 heterocycles. The van der Waals surface area contributed by atoms with E-state index in [1.165, 1.54) is 12.4 Å². The number of hydrogen-bond acceptors (Lipinski definition) is 8. The summed E-state index contributed by atoms with van der Waals surface area (Å²) < 4.78 is 30.3. The molecule has 0 aliphatic heterocycles. The number of nitrogens with one attached hydrogen (secondary N) is 2. The summed E-state index contributed by atoms with van der Waals surface area (Å²) in [6.45, 7) is -2.90. The molecule has 172 valence electrons. The molecule has 0 spiro atoms. The monoisotopic (exact) mass is 455 g/mol. The summed E-state index contributed by atoms with van der Waals surface area (Å²) in [5.74, 6) is 1.16. The van der Waals surface area contributed by atoms with E-state index in [4.69, 9.17) is 0 Å². The van der Waals surface area contributed by atoms with E-state index in [-0.39, 0.29) is 23.4 Å². The van der Waals surface area contributed by atoms with E-state index in [1.54, 1.807) is 23.2 Å². The lowest BCUT2D eigenvalue weighted by Crippen LogP contribution is -2.23. The molecule has 2 N–H and O–H groups in total. The van der Waals surface area contributed by atoms with Crippen molar-refractivity contribution in [2.75, 3.05) is 10.6 Å². The van der Waals surface area contributed by atoms with Crippen molar-refractivity contribution in [3.63, 3.8) is 0 Å². The van der Waals surface area contributed by atoms with E-state index in [1.807, 2.05) is 12.1 Å². The highest BCUT2D eigenvalue weighted by atomic mass is 19.3. The van der Waals surface area contributed by atoms with Crippen molar-refractivity contribution in [2.24, 2.45) is 0 Å². The Kier molecular flexibility index (Phi) is 5.84. The van der Waals surface area contributed by atoms with Crippen LogP contribution in [-0.4, -0.2) is 43.2 Å². The van der Waals surface area contributed by atoms with Gasteiger partial charge in [0, 0.05) is 23.8 Å². The summed E-state index contributed by atoms with van der Waals surface area (Å²) >= 11 is 0. The van der Waals surface area contributed by atoms with Crippen molar-refractivity contribution in [3.8, 4) is 11.4 Å². The summed E-state index contributed by atoms with van der Waals surface area (Å²) in [7, 11) is 0. The number of rotatable bonds is 8. The summed E-state index contributed by atoms with van der Waals surface area (Å²) in [5.41, 5.74) is 1.48. The lowest BCUT2D eigenvalue weighted by molar-refractivity contribution is -0.0503. The number of halogens is 2. The topological polar surface area (TPSA) is 107 Å². The van der Waals surface area contributed by atoms with Gasteiger partial charge in [0.05, 0.1) is 30.5 Å². The second-order valence-corrected chi connectivity index (χ2v) is 8.29. The number of nitrogens with zero attached hydrogens (tertiary/aromatic N) is 5. The summed E-state index contributed by atoms with van der Waals surface area (Å²) in [5, 5.41) is 6.54. The van der Waals surface area contributed by atoms with Crippen molar-refractivity contribution in [1.29, 1.82) is 0 Å². The molecular formula is C22H23F2N7O2. The molecule has 2 aliphatic rings. The lowest BCUT2D eigenvalue weighted by Gasteiger charge is -2.15. The molecule has 0 radical (unpaired) electrons. The van der Waals surface area contributed by atoms with Crippen LogP contribution >= 0.6 is 0 Å². The Morgan fingerprint density at radius 3 is 2.12 bits per heavy atom. The maximum Gasteiger partial charge on any atom is 0.387 e. The SMILES string of the molecule is O=c1c(C2CC2)cccn1-c1cnc(N[C@H]2CC[C@H](Nc3ncc(OC(F)F)cn3)C2)nc1. The Balaban J connectivity index is 1.16. The lowest BCUT2D eigenvalue weighted by atomic mass is 10.2. The third-order valence-corrected chi connectivity index (χ3v) is 5.86. The molecule has 2 saturated carbocycles. The van der Waals surface area contributed by atoms with Gasteiger partial charge in [-0.15, -0.1) is 0 Å². The quantitative estimate of drug-likeness (QED) is 0.533. The Morgan fingerprint density at radius 2 is 1.55 bits per heavy atom. The van der Waals surface area contributed by atoms with Crippen molar-refractivity contribution in [1.82, 2.24) is 24.5 Å². The second kappa shape index (κ2) is 9.08. The summed E-state index contributed by atoms with van der Waals surface area (Å²) in [6.07, 6.45) is 12.2. The number of aromatic nitrogens is 5. The van der Waals surface area contributed by atoms with Crippen molar-refractivity contribution >= 4 is 11.9 Å². The van der Waals surface area contributed by atoms with Crippen LogP contribution in [0.25, 0.3) is 5.69 Å². The van der Waals surface area contributed by atoms with Crippen molar-refractivity contribution in [2.45, 2.75) is 56.7 Å². The van der Waals surface area contributed by atoms with Gasteiger partial charge in [-0.25, -0.2) is 19.9 Å². The van der Waals surface area contributed by atoms with Gasteiger partial charge in [-0.05, 0) is 44.1 Å². The average molecular weight is 455 g/mol. The van der Waals surface area contributed by atoms with Crippen LogP contribution < -0.4 is 20.9 Å². The molecule has 5 rings (SSSR count). The van der Waals surface area contributed by atoms with Crippen LogP contribution in [0.2, 0.25) is 0 Å². The number of anilines is 2. The van der Waals surface area contributed by atoms with Gasteiger partial charge in [-0.3, -0.25) is 9.36 Å². The van der Waals surface area contributed by atoms with E-state index in [0.717, 1.165) is 37.7 Å². The molecule has 2 fully saturated rings. The zero-order valence-electron chi connectivity index (χ0n) is 17.7. The molecular weight excluding hydrogens is 432 g/mol. The highest BCUT2D eigenvalue weighted by molar-refractivity contribution is 5.36. The molecule has 0 bridgehead atoms. The van der Waals surface area contributed by atoms with Crippen molar-refractivity contribution < 1.29 is 13.5 Å². The highest BCUT2D eigenvalue weighted by Crippen LogP contribution is 2.38. The van der Waals surface area contributed by atoms with E-state index in [0.29, 0.717) is 23.5 Å². The molecule has 2 aliphatic carbocycles. The average Bonchev–Trinajstić information content (AvgIpc) is 3.56. The maximum absolute atomic E-state index is 12.7. The first-order chi connectivity index (χ1) is 16.0. The van der Waals surface area contributed by atoms with Crippen LogP contribution in [-0.2, 0) is 0 Å². The van der Waals surface area contributed by atoms with E-state index >= 15 is 0 Å². The summed E-state index contributed by atoms with van der Waals surface area (Å²) in [4.78, 5) is 29.5. The molecule has 2 atom stereocenters. The van der Waals surface area contributed by atoms with Crippen LogP contribution in [0.3, 0.4) is 0 Å². The molecule has 0 unspecified atom stereocenters. The largest absolute Gasteiger partial charge is 0.432 e. The molecule has 3 aromatic rings. The van der Waals surface area contributed by atoms with Gasteiger partial charge in [0.25, 0.3) is 5.56 Å². The van der Waals surface area contributed by atoms with Crippen molar-refractivity contribution in [3.05, 3.63) is 59.0 Å². The van der Waals surface area contributed by atoms with Gasteiger partial charge in [0.2, 0.25) is 11.9 Å². The molecule has 0 amide bonds. The van der Waals surface area contributed by atoms with E-state index in [2.05, 4.69) is 35.3 Å². The van der Waals surface area contributed by atoms with E-state index in [9.17, 15) is 13.6 Å². The first kappa shape index (κ1) is 21.2. The first-order valence-electron chi connectivity index (χ1n) is 10.9. The molecule has 3 aromatic heterocycles. The Hall–Kier alpha value is -3.63. The third-order valence-electron chi connectivity index (χ3n) is 5.86. The van der Waals surface area contributed by atoms with E-state index < -0.39 is 6.61 Å². The van der Waals surface area contributed by atoms with Gasteiger partial charge in [-0.2, -0.15) is 8.78 Å². The van der Waals surface area contributed by atoms with Crippen LogP contribution in [0.5, 0.6) is 5.75 Å². The molecule has 33 heavy (non-hydrogen) atoms. The van der Waals surface area contributed by atoms with Gasteiger partial charge >= 0.3 is 6.61 Å². The van der Waals surface area contributed by atoms with Gasteiger partial charge in [-0.1, -0.05) is 6.07 Å². The predicted octanol–water partition coefficient (Wildman–Crippen LogP) is 3.34. The number of ether oxygens (including phenoxy) is 1. The minimum atomic E-state index is -2.90. The Morgan fingerprint density at radius 1 is 0.939 bits per heavy atom. The fourth-order valence-corrected chi connectivity index (χ4v) is 4.10. The molecule has 0 saturated heterocycles. The zero-order chi connectivity index (χ0) is 22.8. The molecule has 11 heteroatoms. The van der Waals surface area contributed by atoms with Gasteiger partial charge in [0.15, 0.2) is 5.75 Å². The number of pyridine rings is 1. The normalized spacial score (nSPS) is 20.1. The fourth-order valence-electron chi connectivity index (χ4n) is 4.10. The summed E-state index contributed by atoms with van der Waals surface area (Å²) in [6, 6.07) is 4.08. The Bertz CT molecular complexity index is 1150. The standard InChI is InChI=1S/C22H23F2N7O2/c23-20(24)33-17-11-27-22(28-12-17)30-15-6-5-14(8-15)29-21-25-9-16(10-26-21)31-7-1-2-18(19(31)32)13-3-4-13/h1-2,7,9-15,20H,3-6,8H2,(H,25,26,29)(H,27,28,30)/t14-,15-/m0/s1. The minimum Gasteiger partial charge on any atom is -0.432 e. The minimum absolute atomic E-state index is 0.00922. The zero-order valence-corrected chi connectivity index (χ0v) is 17.7. The fraction of sp³-hybridized carbons (Fsp3) is 0.409. The van der Waals surface area contributed by atoms with Crippen LogP contribution in [0.4, 0.5) is 20.7 Å².